The Morgan fingerprint density at radius 2 is 2.44 bits per heavy atom. The van der Waals surface area contributed by atoms with Crippen molar-refractivity contribution in [1.82, 2.24) is 14.7 Å². The second-order valence-electron chi connectivity index (χ2n) is 4.38. The number of nitrogens with two attached hydrogens (primary N) is 1. The standard InChI is InChI=1S/C12H16N4/c13-10-4-2-6-16-11(10)8-15-12(16)9-3-1-5-14-7-9/h2,4,6,8-9,14H,1,3,5,7,13H2. The van der Waals surface area contributed by atoms with Gasteiger partial charge in [0.1, 0.15) is 5.82 Å². The van der Waals surface area contributed by atoms with Crippen molar-refractivity contribution < 1.29 is 0 Å². The van der Waals surface area contributed by atoms with Crippen LogP contribution in [0.5, 0.6) is 0 Å². The largest absolute Gasteiger partial charge is 0.397 e. The van der Waals surface area contributed by atoms with Gasteiger partial charge >= 0.3 is 0 Å². The minimum Gasteiger partial charge on any atom is -0.397 e. The van der Waals surface area contributed by atoms with E-state index in [-0.39, 0.29) is 0 Å². The lowest BCUT2D eigenvalue weighted by atomic mass is 9.99. The second kappa shape index (κ2) is 3.79. The molecule has 2 aromatic rings. The fourth-order valence-electron chi connectivity index (χ4n) is 2.44. The van der Waals surface area contributed by atoms with Crippen LogP contribution in [0.1, 0.15) is 24.6 Å². The molecule has 0 aromatic carbocycles. The van der Waals surface area contributed by atoms with Gasteiger partial charge in [0, 0.05) is 18.7 Å². The van der Waals surface area contributed by atoms with Gasteiger partial charge in [-0.2, -0.15) is 0 Å². The summed E-state index contributed by atoms with van der Waals surface area (Å²) in [7, 11) is 0. The van der Waals surface area contributed by atoms with Crippen molar-refractivity contribution in [3.63, 3.8) is 0 Å². The lowest BCUT2D eigenvalue weighted by molar-refractivity contribution is 0.445. The molecule has 3 heterocycles. The van der Waals surface area contributed by atoms with E-state index in [9.17, 15) is 0 Å². The average molecular weight is 216 g/mol. The number of hydrogen-bond acceptors (Lipinski definition) is 3. The highest BCUT2D eigenvalue weighted by molar-refractivity contribution is 5.68. The summed E-state index contributed by atoms with van der Waals surface area (Å²) < 4.78 is 2.12. The highest BCUT2D eigenvalue weighted by Gasteiger charge is 2.19. The minimum absolute atomic E-state index is 0.512. The molecule has 2 aromatic heterocycles. The van der Waals surface area contributed by atoms with Gasteiger partial charge in [0.2, 0.25) is 0 Å². The normalized spacial score (nSPS) is 21.4. The summed E-state index contributed by atoms with van der Waals surface area (Å²) in [6.07, 6.45) is 6.35. The number of anilines is 1. The fourth-order valence-corrected chi connectivity index (χ4v) is 2.44. The molecule has 4 nitrogen and oxygen atoms in total. The molecule has 4 heteroatoms. The van der Waals surface area contributed by atoms with E-state index >= 15 is 0 Å². The number of rotatable bonds is 1. The van der Waals surface area contributed by atoms with Crippen LogP contribution in [0.3, 0.4) is 0 Å². The molecule has 1 aliphatic heterocycles. The molecule has 1 aliphatic rings. The Morgan fingerprint density at radius 3 is 3.25 bits per heavy atom. The van der Waals surface area contributed by atoms with E-state index in [2.05, 4.69) is 14.7 Å². The van der Waals surface area contributed by atoms with E-state index in [4.69, 9.17) is 5.73 Å². The van der Waals surface area contributed by atoms with Gasteiger partial charge in [-0.05, 0) is 31.5 Å². The van der Waals surface area contributed by atoms with Gasteiger partial charge in [0.05, 0.1) is 17.4 Å². The van der Waals surface area contributed by atoms with Crippen molar-refractivity contribution in [2.45, 2.75) is 18.8 Å². The number of nitrogens with zero attached hydrogens (tertiary/aromatic N) is 2. The maximum atomic E-state index is 5.92. The molecule has 1 saturated heterocycles. The van der Waals surface area contributed by atoms with Crippen LogP contribution in [0.15, 0.2) is 24.5 Å². The molecule has 3 rings (SSSR count). The van der Waals surface area contributed by atoms with Gasteiger partial charge in [-0.1, -0.05) is 0 Å². The Labute approximate surface area is 94.5 Å². The van der Waals surface area contributed by atoms with Crippen LogP contribution in [-0.4, -0.2) is 22.5 Å². The van der Waals surface area contributed by atoms with Crippen LogP contribution in [0, 0.1) is 0 Å². The van der Waals surface area contributed by atoms with Gasteiger partial charge in [0.15, 0.2) is 0 Å². The van der Waals surface area contributed by atoms with Crippen molar-refractivity contribution >= 4 is 11.2 Å². The van der Waals surface area contributed by atoms with E-state index in [1.54, 1.807) is 0 Å². The van der Waals surface area contributed by atoms with E-state index in [1.807, 2.05) is 24.5 Å². The molecule has 0 radical (unpaired) electrons. The van der Waals surface area contributed by atoms with Crippen LogP contribution >= 0.6 is 0 Å². The van der Waals surface area contributed by atoms with Crippen molar-refractivity contribution in [3.05, 3.63) is 30.4 Å². The van der Waals surface area contributed by atoms with E-state index < -0.39 is 0 Å². The quantitative estimate of drug-likeness (QED) is 0.757. The summed E-state index contributed by atoms with van der Waals surface area (Å²) in [5.74, 6) is 1.65. The molecule has 0 bridgehead atoms. The Balaban J connectivity index is 2.06. The number of aromatic nitrogens is 2. The lowest BCUT2D eigenvalue weighted by Gasteiger charge is -2.21. The molecular formula is C12H16N4. The number of nitrogens with one attached hydrogen (secondary N) is 1. The Hall–Kier alpha value is -1.55. The summed E-state index contributed by atoms with van der Waals surface area (Å²) in [6, 6.07) is 3.89. The zero-order chi connectivity index (χ0) is 11.0. The van der Waals surface area contributed by atoms with E-state index in [0.717, 1.165) is 30.1 Å². The maximum Gasteiger partial charge on any atom is 0.117 e. The predicted molar refractivity (Wildman–Crippen MR) is 64.4 cm³/mol. The molecule has 1 unspecified atom stereocenters. The Bertz CT molecular complexity index is 497. The van der Waals surface area contributed by atoms with Crippen LogP contribution in [-0.2, 0) is 0 Å². The first-order valence-corrected chi connectivity index (χ1v) is 5.78. The average Bonchev–Trinajstić information content (AvgIpc) is 2.75. The zero-order valence-corrected chi connectivity index (χ0v) is 9.19. The number of imidazole rings is 1. The van der Waals surface area contributed by atoms with Crippen LogP contribution in [0.4, 0.5) is 5.69 Å². The topological polar surface area (TPSA) is 55.4 Å². The third-order valence-corrected chi connectivity index (χ3v) is 3.29. The highest BCUT2D eigenvalue weighted by Crippen LogP contribution is 2.24. The number of piperidine rings is 1. The van der Waals surface area contributed by atoms with Gasteiger partial charge in [-0.15, -0.1) is 0 Å². The first kappa shape index (κ1) is 9.66. The fraction of sp³-hybridized carbons (Fsp3) is 0.417. The molecular weight excluding hydrogens is 200 g/mol. The van der Waals surface area contributed by atoms with Crippen molar-refractivity contribution in [2.24, 2.45) is 0 Å². The zero-order valence-electron chi connectivity index (χ0n) is 9.19. The number of pyridine rings is 1. The Morgan fingerprint density at radius 1 is 1.50 bits per heavy atom. The molecule has 0 saturated carbocycles. The van der Waals surface area contributed by atoms with Crippen LogP contribution in [0.25, 0.3) is 5.52 Å². The molecule has 0 amide bonds. The summed E-state index contributed by atoms with van der Waals surface area (Å²) in [4.78, 5) is 4.52. The Kier molecular flexibility index (Phi) is 2.29. The summed E-state index contributed by atoms with van der Waals surface area (Å²) in [6.45, 7) is 2.15. The van der Waals surface area contributed by atoms with Crippen LogP contribution < -0.4 is 11.1 Å². The molecule has 1 fully saturated rings. The summed E-state index contributed by atoms with van der Waals surface area (Å²) >= 11 is 0. The molecule has 84 valence electrons. The summed E-state index contributed by atoms with van der Waals surface area (Å²) in [5.41, 5.74) is 7.74. The second-order valence-corrected chi connectivity index (χ2v) is 4.38. The molecule has 0 aliphatic carbocycles. The lowest BCUT2D eigenvalue weighted by Crippen LogP contribution is -2.29. The monoisotopic (exact) mass is 216 g/mol. The smallest absolute Gasteiger partial charge is 0.117 e. The number of fused-ring (bicyclic) bond motifs is 1. The first-order valence-electron chi connectivity index (χ1n) is 5.78. The van der Waals surface area contributed by atoms with Crippen molar-refractivity contribution in [2.75, 3.05) is 18.8 Å². The highest BCUT2D eigenvalue weighted by atomic mass is 15.0. The van der Waals surface area contributed by atoms with Gasteiger partial charge in [-0.25, -0.2) is 4.98 Å². The van der Waals surface area contributed by atoms with E-state index in [0.29, 0.717) is 5.92 Å². The predicted octanol–water partition coefficient (Wildman–Crippen LogP) is 1.38. The first-order chi connectivity index (χ1) is 7.86. The number of nitrogen functional groups attached to an aromatic ring is 1. The molecule has 3 N–H and O–H groups in total. The number of hydrogen-bond donors (Lipinski definition) is 2. The van der Waals surface area contributed by atoms with Crippen molar-refractivity contribution in [1.29, 1.82) is 0 Å². The van der Waals surface area contributed by atoms with Crippen LogP contribution in [0.2, 0.25) is 0 Å². The molecule has 1 atom stereocenters. The SMILES string of the molecule is Nc1cccn2c(C3CCCNC3)ncc12. The van der Waals surface area contributed by atoms with Gasteiger partial charge in [0.25, 0.3) is 0 Å². The minimum atomic E-state index is 0.512. The molecule has 0 spiro atoms. The third-order valence-electron chi connectivity index (χ3n) is 3.29. The maximum absolute atomic E-state index is 5.92. The molecule has 16 heavy (non-hydrogen) atoms. The van der Waals surface area contributed by atoms with Crippen molar-refractivity contribution in [3.8, 4) is 0 Å². The van der Waals surface area contributed by atoms with Gasteiger partial charge < -0.3 is 15.5 Å². The van der Waals surface area contributed by atoms with Gasteiger partial charge in [-0.3, -0.25) is 0 Å². The summed E-state index contributed by atoms with van der Waals surface area (Å²) in [5, 5.41) is 3.42. The van der Waals surface area contributed by atoms with E-state index in [1.165, 1.54) is 12.8 Å². The third kappa shape index (κ3) is 1.46.